The molecule has 1 unspecified atom stereocenters. The zero-order valence-corrected chi connectivity index (χ0v) is 13.4. The van der Waals surface area contributed by atoms with Crippen LogP contribution < -0.4 is 11.3 Å². The van der Waals surface area contributed by atoms with Gasteiger partial charge in [0.1, 0.15) is 0 Å². The number of hydrogen-bond donors (Lipinski definition) is 2. The highest BCUT2D eigenvalue weighted by molar-refractivity contribution is 7.99. The first-order chi connectivity index (χ1) is 10.3. The number of rotatable bonds is 8. The van der Waals surface area contributed by atoms with Crippen molar-refractivity contribution in [3.63, 3.8) is 0 Å². The van der Waals surface area contributed by atoms with Crippen LogP contribution in [-0.2, 0) is 6.42 Å². The van der Waals surface area contributed by atoms with Crippen molar-refractivity contribution in [2.24, 2.45) is 5.84 Å². The Balaban J connectivity index is 1.74. The number of hydrazine groups is 1. The van der Waals surface area contributed by atoms with Crippen LogP contribution in [0.15, 0.2) is 59.5 Å². The van der Waals surface area contributed by atoms with Crippen molar-refractivity contribution in [3.8, 4) is 0 Å². The standard InChI is InChI=1S/C18H24N2S/c1-15-8-5-6-13-18(15)21-14-17(20-19)12-7-11-16-9-3-2-4-10-16/h2-6,8-10,13,17,20H,7,11-12,14,19H2,1H3. The van der Waals surface area contributed by atoms with E-state index in [1.54, 1.807) is 0 Å². The first-order valence-corrected chi connectivity index (χ1v) is 8.46. The van der Waals surface area contributed by atoms with Crippen LogP contribution in [0.25, 0.3) is 0 Å². The molecule has 0 amide bonds. The van der Waals surface area contributed by atoms with Gasteiger partial charge in [-0.2, -0.15) is 0 Å². The fourth-order valence-corrected chi connectivity index (χ4v) is 3.43. The lowest BCUT2D eigenvalue weighted by Crippen LogP contribution is -2.37. The summed E-state index contributed by atoms with van der Waals surface area (Å²) in [7, 11) is 0. The largest absolute Gasteiger partial charge is 0.271 e. The van der Waals surface area contributed by atoms with Gasteiger partial charge in [-0.1, -0.05) is 48.5 Å². The van der Waals surface area contributed by atoms with Crippen LogP contribution >= 0.6 is 11.8 Å². The highest BCUT2D eigenvalue weighted by Gasteiger charge is 2.08. The van der Waals surface area contributed by atoms with E-state index in [0.717, 1.165) is 25.0 Å². The summed E-state index contributed by atoms with van der Waals surface area (Å²) in [6, 6.07) is 19.5. The molecule has 3 heteroatoms. The maximum Gasteiger partial charge on any atom is 0.0304 e. The molecule has 0 heterocycles. The van der Waals surface area contributed by atoms with Crippen LogP contribution in [0.4, 0.5) is 0 Å². The van der Waals surface area contributed by atoms with Crippen molar-refractivity contribution in [1.82, 2.24) is 5.43 Å². The Morgan fingerprint density at radius 2 is 1.76 bits per heavy atom. The average Bonchev–Trinajstić information content (AvgIpc) is 2.53. The summed E-state index contributed by atoms with van der Waals surface area (Å²) in [4.78, 5) is 1.35. The number of thioether (sulfide) groups is 1. The van der Waals surface area contributed by atoms with Crippen molar-refractivity contribution in [2.75, 3.05) is 5.75 Å². The first kappa shape index (κ1) is 16.1. The zero-order valence-electron chi connectivity index (χ0n) is 12.6. The molecule has 1 atom stereocenters. The van der Waals surface area contributed by atoms with Crippen LogP contribution in [-0.4, -0.2) is 11.8 Å². The molecule has 0 saturated carbocycles. The second-order valence-electron chi connectivity index (χ2n) is 5.32. The molecule has 3 N–H and O–H groups in total. The van der Waals surface area contributed by atoms with Gasteiger partial charge in [0.25, 0.3) is 0 Å². The zero-order chi connectivity index (χ0) is 14.9. The Bertz CT molecular complexity index is 528. The van der Waals surface area contributed by atoms with Gasteiger partial charge in [0, 0.05) is 16.7 Å². The van der Waals surface area contributed by atoms with E-state index in [4.69, 9.17) is 5.84 Å². The number of benzene rings is 2. The minimum Gasteiger partial charge on any atom is -0.271 e. The summed E-state index contributed by atoms with van der Waals surface area (Å²) in [5.74, 6) is 6.70. The summed E-state index contributed by atoms with van der Waals surface area (Å²) in [6.07, 6.45) is 3.38. The van der Waals surface area contributed by atoms with Gasteiger partial charge in [-0.3, -0.25) is 11.3 Å². The Morgan fingerprint density at radius 1 is 1.05 bits per heavy atom. The summed E-state index contributed by atoms with van der Waals surface area (Å²) >= 11 is 1.88. The smallest absolute Gasteiger partial charge is 0.0304 e. The van der Waals surface area contributed by atoms with E-state index in [-0.39, 0.29) is 0 Å². The molecule has 0 bridgehead atoms. The summed E-state index contributed by atoms with van der Waals surface area (Å²) in [6.45, 7) is 2.16. The Morgan fingerprint density at radius 3 is 2.48 bits per heavy atom. The molecule has 0 aliphatic carbocycles. The fourth-order valence-electron chi connectivity index (χ4n) is 2.32. The first-order valence-electron chi connectivity index (χ1n) is 7.48. The normalized spacial score (nSPS) is 12.3. The van der Waals surface area contributed by atoms with Gasteiger partial charge in [-0.15, -0.1) is 11.8 Å². The molecule has 0 saturated heterocycles. The molecular formula is C18H24N2S. The van der Waals surface area contributed by atoms with Gasteiger partial charge in [-0.05, 0) is 43.4 Å². The van der Waals surface area contributed by atoms with Gasteiger partial charge in [0.15, 0.2) is 0 Å². The predicted molar refractivity (Wildman–Crippen MR) is 92.4 cm³/mol. The van der Waals surface area contributed by atoms with Crippen LogP contribution in [0.5, 0.6) is 0 Å². The Kier molecular flexibility index (Phi) is 6.80. The molecule has 0 aliphatic rings. The maximum absolute atomic E-state index is 5.69. The highest BCUT2D eigenvalue weighted by Crippen LogP contribution is 2.23. The number of nitrogens with one attached hydrogen (secondary N) is 1. The quantitative estimate of drug-likeness (QED) is 0.440. The van der Waals surface area contributed by atoms with Gasteiger partial charge < -0.3 is 0 Å². The molecule has 112 valence electrons. The Hall–Kier alpha value is -1.29. The van der Waals surface area contributed by atoms with Crippen LogP contribution in [0.2, 0.25) is 0 Å². The Labute approximate surface area is 132 Å². The molecule has 0 fully saturated rings. The third kappa shape index (κ3) is 5.54. The molecule has 2 aromatic carbocycles. The van der Waals surface area contributed by atoms with E-state index in [2.05, 4.69) is 66.9 Å². The molecule has 0 aliphatic heterocycles. The van der Waals surface area contributed by atoms with Crippen LogP contribution in [0.1, 0.15) is 24.0 Å². The van der Waals surface area contributed by atoms with Gasteiger partial charge >= 0.3 is 0 Å². The van der Waals surface area contributed by atoms with Crippen LogP contribution in [0, 0.1) is 6.92 Å². The fraction of sp³-hybridized carbons (Fsp3) is 0.333. The van der Waals surface area contributed by atoms with Crippen molar-refractivity contribution in [1.29, 1.82) is 0 Å². The number of aryl methyl sites for hydroxylation is 2. The highest BCUT2D eigenvalue weighted by atomic mass is 32.2. The monoisotopic (exact) mass is 300 g/mol. The van der Waals surface area contributed by atoms with E-state index < -0.39 is 0 Å². The van der Waals surface area contributed by atoms with Crippen LogP contribution in [0.3, 0.4) is 0 Å². The molecule has 2 rings (SSSR count). The van der Waals surface area contributed by atoms with Gasteiger partial charge in [0.2, 0.25) is 0 Å². The molecule has 0 aromatic heterocycles. The average molecular weight is 300 g/mol. The molecule has 21 heavy (non-hydrogen) atoms. The summed E-state index contributed by atoms with van der Waals surface area (Å²) in [5, 5.41) is 0. The van der Waals surface area contributed by atoms with E-state index in [0.29, 0.717) is 6.04 Å². The van der Waals surface area contributed by atoms with E-state index >= 15 is 0 Å². The second kappa shape index (κ2) is 8.88. The molecule has 0 spiro atoms. The number of nitrogens with two attached hydrogens (primary N) is 1. The van der Waals surface area contributed by atoms with Gasteiger partial charge in [-0.25, -0.2) is 0 Å². The lowest BCUT2D eigenvalue weighted by Gasteiger charge is -2.16. The molecular weight excluding hydrogens is 276 g/mol. The molecule has 2 nitrogen and oxygen atoms in total. The number of hydrogen-bond acceptors (Lipinski definition) is 3. The summed E-state index contributed by atoms with van der Waals surface area (Å²) < 4.78 is 0. The maximum atomic E-state index is 5.69. The second-order valence-corrected chi connectivity index (χ2v) is 6.38. The minimum atomic E-state index is 0.360. The third-order valence-electron chi connectivity index (χ3n) is 3.63. The van der Waals surface area contributed by atoms with Crippen molar-refractivity contribution in [2.45, 2.75) is 37.1 Å². The predicted octanol–water partition coefficient (Wildman–Crippen LogP) is 3.94. The van der Waals surface area contributed by atoms with E-state index in [9.17, 15) is 0 Å². The van der Waals surface area contributed by atoms with Crippen molar-refractivity contribution >= 4 is 11.8 Å². The van der Waals surface area contributed by atoms with E-state index in [1.165, 1.54) is 16.0 Å². The van der Waals surface area contributed by atoms with Gasteiger partial charge in [0.05, 0.1) is 0 Å². The topological polar surface area (TPSA) is 38.0 Å². The lowest BCUT2D eigenvalue weighted by molar-refractivity contribution is 0.520. The minimum absolute atomic E-state index is 0.360. The summed E-state index contributed by atoms with van der Waals surface area (Å²) in [5.41, 5.74) is 5.70. The van der Waals surface area contributed by atoms with Crippen molar-refractivity contribution < 1.29 is 0 Å². The lowest BCUT2D eigenvalue weighted by atomic mass is 10.1. The SMILES string of the molecule is Cc1ccccc1SCC(CCCc1ccccc1)NN. The third-order valence-corrected chi connectivity index (χ3v) is 4.97. The van der Waals surface area contributed by atoms with Crippen molar-refractivity contribution in [3.05, 3.63) is 65.7 Å². The molecule has 0 radical (unpaired) electrons. The van der Waals surface area contributed by atoms with E-state index in [1.807, 2.05) is 11.8 Å². The molecule has 2 aromatic rings.